The van der Waals surface area contributed by atoms with Crippen molar-refractivity contribution < 1.29 is 9.15 Å². The van der Waals surface area contributed by atoms with E-state index in [4.69, 9.17) is 14.9 Å². The Morgan fingerprint density at radius 1 is 1.26 bits per heavy atom. The van der Waals surface area contributed by atoms with Crippen LogP contribution < -0.4 is 5.73 Å². The van der Waals surface area contributed by atoms with Gasteiger partial charge in [-0.1, -0.05) is 0 Å². The lowest BCUT2D eigenvalue weighted by molar-refractivity contribution is 0.0385. The van der Waals surface area contributed by atoms with E-state index in [9.17, 15) is 0 Å². The predicted octanol–water partition coefficient (Wildman–Crippen LogP) is 1.80. The SMILES string of the molecule is Nc1nc(-c2ncco2)nc2sc(CCN3CCOCC3)cc12. The molecule has 1 saturated heterocycles. The number of nitrogens with zero attached hydrogens (tertiary/aromatic N) is 4. The van der Waals surface area contributed by atoms with Crippen LogP contribution in [0, 0.1) is 0 Å². The molecule has 0 atom stereocenters. The largest absolute Gasteiger partial charge is 0.442 e. The molecule has 0 bridgehead atoms. The second kappa shape index (κ2) is 6.23. The van der Waals surface area contributed by atoms with Crippen LogP contribution in [0.4, 0.5) is 5.82 Å². The van der Waals surface area contributed by atoms with Crippen molar-refractivity contribution in [2.45, 2.75) is 6.42 Å². The number of oxazole rings is 1. The van der Waals surface area contributed by atoms with Crippen molar-refractivity contribution in [1.82, 2.24) is 19.9 Å². The molecule has 120 valence electrons. The summed E-state index contributed by atoms with van der Waals surface area (Å²) in [4.78, 5) is 17.5. The Labute approximate surface area is 137 Å². The maximum absolute atomic E-state index is 6.07. The van der Waals surface area contributed by atoms with Gasteiger partial charge in [-0.15, -0.1) is 11.3 Å². The number of morpholine rings is 1. The molecule has 0 unspecified atom stereocenters. The molecule has 7 nitrogen and oxygen atoms in total. The summed E-state index contributed by atoms with van der Waals surface area (Å²) in [6.07, 6.45) is 4.05. The number of fused-ring (bicyclic) bond motifs is 1. The lowest BCUT2D eigenvalue weighted by Crippen LogP contribution is -2.37. The Bertz CT molecular complexity index is 796. The van der Waals surface area contributed by atoms with Gasteiger partial charge in [-0.25, -0.2) is 15.0 Å². The van der Waals surface area contributed by atoms with E-state index in [1.165, 1.54) is 11.1 Å². The van der Waals surface area contributed by atoms with E-state index < -0.39 is 0 Å². The summed E-state index contributed by atoms with van der Waals surface area (Å²) in [5.41, 5.74) is 6.07. The van der Waals surface area contributed by atoms with Crippen LogP contribution in [0.2, 0.25) is 0 Å². The fourth-order valence-electron chi connectivity index (χ4n) is 2.64. The van der Waals surface area contributed by atoms with Gasteiger partial charge in [0.05, 0.1) is 24.8 Å². The lowest BCUT2D eigenvalue weighted by Gasteiger charge is -2.26. The minimum atomic E-state index is 0.391. The molecule has 1 aliphatic heterocycles. The number of anilines is 1. The Hall–Kier alpha value is -2.03. The maximum Gasteiger partial charge on any atom is 0.264 e. The average molecular weight is 331 g/mol. The number of rotatable bonds is 4. The number of hydrogen-bond acceptors (Lipinski definition) is 8. The van der Waals surface area contributed by atoms with Crippen molar-refractivity contribution in [1.29, 1.82) is 0 Å². The molecule has 0 amide bonds. The minimum Gasteiger partial charge on any atom is -0.442 e. The van der Waals surface area contributed by atoms with Gasteiger partial charge in [0, 0.05) is 24.5 Å². The Morgan fingerprint density at radius 2 is 2.13 bits per heavy atom. The first kappa shape index (κ1) is 14.6. The molecular weight excluding hydrogens is 314 g/mol. The Balaban J connectivity index is 1.56. The number of nitrogen functional groups attached to an aromatic ring is 1. The second-order valence-corrected chi connectivity index (χ2v) is 6.52. The van der Waals surface area contributed by atoms with Gasteiger partial charge in [0.15, 0.2) is 0 Å². The van der Waals surface area contributed by atoms with Crippen LogP contribution in [0.1, 0.15) is 4.88 Å². The first-order valence-electron chi connectivity index (χ1n) is 7.55. The zero-order valence-corrected chi connectivity index (χ0v) is 13.4. The molecule has 1 aliphatic rings. The third-order valence-corrected chi connectivity index (χ3v) is 4.96. The summed E-state index contributed by atoms with van der Waals surface area (Å²) in [7, 11) is 0. The van der Waals surface area contributed by atoms with Crippen molar-refractivity contribution in [2.75, 3.05) is 38.6 Å². The predicted molar refractivity (Wildman–Crippen MR) is 88.3 cm³/mol. The number of aromatic nitrogens is 3. The standard InChI is InChI=1S/C15H17N5O2S/c16-12-11-9-10(1-3-20-4-7-21-8-5-20)23-15(11)19-13(18-12)14-17-2-6-22-14/h2,6,9H,1,3-5,7-8H2,(H2,16,18,19). The Morgan fingerprint density at radius 3 is 2.91 bits per heavy atom. The summed E-state index contributed by atoms with van der Waals surface area (Å²) in [5.74, 6) is 1.29. The fourth-order valence-corrected chi connectivity index (χ4v) is 3.66. The van der Waals surface area contributed by atoms with Crippen LogP contribution in [0.15, 0.2) is 22.9 Å². The van der Waals surface area contributed by atoms with Gasteiger partial charge in [0.2, 0.25) is 5.82 Å². The number of thiophene rings is 1. The third kappa shape index (κ3) is 3.05. The number of ether oxygens (including phenoxy) is 1. The summed E-state index contributed by atoms with van der Waals surface area (Å²) >= 11 is 1.65. The van der Waals surface area contributed by atoms with Crippen LogP contribution in [-0.4, -0.2) is 52.7 Å². The van der Waals surface area contributed by atoms with E-state index in [1.54, 1.807) is 17.5 Å². The highest BCUT2D eigenvalue weighted by Crippen LogP contribution is 2.30. The van der Waals surface area contributed by atoms with Crippen LogP contribution in [0.25, 0.3) is 21.9 Å². The van der Waals surface area contributed by atoms with Gasteiger partial charge in [-0.2, -0.15) is 0 Å². The molecule has 1 fully saturated rings. The molecule has 0 radical (unpaired) electrons. The molecule has 0 saturated carbocycles. The van der Waals surface area contributed by atoms with Gasteiger partial charge < -0.3 is 14.9 Å². The van der Waals surface area contributed by atoms with Crippen LogP contribution in [0.5, 0.6) is 0 Å². The van der Waals surface area contributed by atoms with Gasteiger partial charge in [-0.3, -0.25) is 4.90 Å². The second-order valence-electron chi connectivity index (χ2n) is 5.41. The topological polar surface area (TPSA) is 90.3 Å². The molecular formula is C15H17N5O2S. The molecule has 4 heterocycles. The molecule has 3 aromatic heterocycles. The molecule has 2 N–H and O–H groups in total. The van der Waals surface area contributed by atoms with Gasteiger partial charge >= 0.3 is 0 Å². The Kier molecular flexibility index (Phi) is 3.94. The van der Waals surface area contributed by atoms with Crippen molar-refractivity contribution >= 4 is 27.4 Å². The van der Waals surface area contributed by atoms with E-state index in [-0.39, 0.29) is 0 Å². The molecule has 0 spiro atoms. The van der Waals surface area contributed by atoms with Crippen molar-refractivity contribution in [2.24, 2.45) is 0 Å². The smallest absolute Gasteiger partial charge is 0.264 e. The van der Waals surface area contributed by atoms with Crippen molar-refractivity contribution in [3.05, 3.63) is 23.4 Å². The quantitative estimate of drug-likeness (QED) is 0.779. The lowest BCUT2D eigenvalue weighted by atomic mass is 10.2. The van der Waals surface area contributed by atoms with Gasteiger partial charge in [-0.05, 0) is 12.5 Å². The van der Waals surface area contributed by atoms with Crippen LogP contribution in [0.3, 0.4) is 0 Å². The normalized spacial score (nSPS) is 16.2. The average Bonchev–Trinajstić information content (AvgIpc) is 3.23. The van der Waals surface area contributed by atoms with E-state index >= 15 is 0 Å². The first-order valence-corrected chi connectivity index (χ1v) is 8.37. The van der Waals surface area contributed by atoms with Crippen LogP contribution in [-0.2, 0) is 11.2 Å². The summed E-state index contributed by atoms with van der Waals surface area (Å²) in [6, 6.07) is 2.09. The first-order chi connectivity index (χ1) is 11.3. The third-order valence-electron chi connectivity index (χ3n) is 3.87. The van der Waals surface area contributed by atoms with E-state index in [0.29, 0.717) is 17.5 Å². The van der Waals surface area contributed by atoms with Crippen molar-refractivity contribution in [3.8, 4) is 11.7 Å². The van der Waals surface area contributed by atoms with Crippen LogP contribution >= 0.6 is 11.3 Å². The zero-order chi connectivity index (χ0) is 15.6. The summed E-state index contributed by atoms with van der Waals surface area (Å²) in [5, 5.41) is 0.905. The summed E-state index contributed by atoms with van der Waals surface area (Å²) in [6.45, 7) is 4.67. The fraction of sp³-hybridized carbons (Fsp3) is 0.400. The summed E-state index contributed by atoms with van der Waals surface area (Å²) < 4.78 is 10.6. The molecule has 3 aromatic rings. The molecule has 4 rings (SSSR count). The highest BCUT2D eigenvalue weighted by molar-refractivity contribution is 7.18. The van der Waals surface area contributed by atoms with Gasteiger partial charge in [0.1, 0.15) is 16.9 Å². The molecule has 8 heteroatoms. The molecule has 0 aromatic carbocycles. The van der Waals surface area contributed by atoms with Crippen molar-refractivity contribution in [3.63, 3.8) is 0 Å². The highest BCUT2D eigenvalue weighted by atomic mass is 32.1. The van der Waals surface area contributed by atoms with Gasteiger partial charge in [0.25, 0.3) is 5.89 Å². The zero-order valence-electron chi connectivity index (χ0n) is 12.6. The minimum absolute atomic E-state index is 0.391. The van der Waals surface area contributed by atoms with E-state index in [1.807, 2.05) is 0 Å². The number of hydrogen-bond donors (Lipinski definition) is 1. The number of nitrogens with two attached hydrogens (primary N) is 1. The van der Waals surface area contributed by atoms with E-state index in [2.05, 4.69) is 25.9 Å². The highest BCUT2D eigenvalue weighted by Gasteiger charge is 2.15. The molecule has 23 heavy (non-hydrogen) atoms. The van der Waals surface area contributed by atoms with E-state index in [0.717, 1.165) is 49.5 Å². The monoisotopic (exact) mass is 331 g/mol. The molecule has 0 aliphatic carbocycles. The maximum atomic E-state index is 6.07.